The molecule has 0 unspecified atom stereocenters. The third-order valence-corrected chi connectivity index (χ3v) is 25.0. The van der Waals surface area contributed by atoms with E-state index < -0.39 is 6.85 Å². The number of anilines is 1. The van der Waals surface area contributed by atoms with Gasteiger partial charge in [0, 0.05) is 138 Å². The largest absolute Gasteiger partial charge is 0.344 e. The fourth-order valence-corrected chi connectivity index (χ4v) is 18.1. The van der Waals surface area contributed by atoms with Crippen molar-refractivity contribution in [3.05, 3.63) is 397 Å². The Labute approximate surface area is 732 Å². The van der Waals surface area contributed by atoms with Crippen molar-refractivity contribution in [1.82, 2.24) is 0 Å². The molecule has 1 aliphatic rings. The average Bonchev–Trinajstić information content (AvgIpc) is 0.768. The first-order valence-electron chi connectivity index (χ1n) is 44.6. The molecule has 1 aliphatic heterocycles. The number of hydrogen-bond acceptors (Lipinski definition) is 1. The van der Waals surface area contributed by atoms with E-state index in [1.54, 1.807) is 12.1 Å². The lowest BCUT2D eigenvalue weighted by Gasteiger charge is -2.32. The second-order valence-electron chi connectivity index (χ2n) is 34.4. The van der Waals surface area contributed by atoms with Gasteiger partial charge in [-0.25, -0.2) is 0 Å². The van der Waals surface area contributed by atoms with Gasteiger partial charge in [0.2, 0.25) is 56.1 Å². The van der Waals surface area contributed by atoms with Gasteiger partial charge in [0.25, 0.3) is 0 Å². The van der Waals surface area contributed by atoms with Crippen molar-refractivity contribution >= 4 is 65.9 Å². The molecule has 6 nitrogen and oxygen atoms in total. The molecule has 0 atom stereocenters. The van der Waals surface area contributed by atoms with E-state index in [0.29, 0.717) is 11.5 Å². The molecular weight excluding hydrogens is 1480 g/mol. The van der Waals surface area contributed by atoms with E-state index in [-0.39, 0.29) is 0 Å². The van der Waals surface area contributed by atoms with Gasteiger partial charge in [0.15, 0.2) is 0 Å². The van der Waals surface area contributed by atoms with E-state index in [0.717, 1.165) is 35.2 Å². The molecule has 12 aromatic carbocycles. The molecule has 5 aromatic heterocycles. The summed E-state index contributed by atoms with van der Waals surface area (Å²) in [5.74, 6) is 0.689. The van der Waals surface area contributed by atoms with Gasteiger partial charge in [-0.05, 0) is 293 Å². The number of aryl methyl sites for hydroxylation is 18. The Morgan fingerprint density at radius 1 is 0.295 bits per heavy atom. The maximum Gasteiger partial charge on any atom is 0.213 e. The van der Waals surface area contributed by atoms with Crippen LogP contribution in [0, 0.1) is 117 Å². The summed E-state index contributed by atoms with van der Waals surface area (Å²) in [4.78, 5) is 2.38. The highest BCUT2D eigenvalue weighted by Crippen LogP contribution is 2.39. The smallest absolute Gasteiger partial charge is 0.213 e. The fraction of sp³-hybridized carbons (Fsp3) is 0.233. The van der Waals surface area contributed by atoms with Crippen LogP contribution in [0.4, 0.5) is 5.69 Å². The lowest BCUT2D eigenvalue weighted by atomic mass is 9.89. The van der Waals surface area contributed by atoms with Crippen LogP contribution < -0.4 is 27.7 Å². The zero-order valence-corrected chi connectivity index (χ0v) is 76.4. The number of allylic oxidation sites excluding steroid dienone is 1. The second-order valence-corrected chi connectivity index (χ2v) is 34.4. The number of rotatable bonds is 8. The van der Waals surface area contributed by atoms with E-state index in [4.69, 9.17) is 4.11 Å². The Balaban J connectivity index is 0.000000129. The lowest BCUT2D eigenvalue weighted by molar-refractivity contribution is -0.633. The first kappa shape index (κ1) is 82.9. The minimum absolute atomic E-state index is 0.386. The highest BCUT2D eigenvalue weighted by atomic mass is 15.1. The first-order valence-corrected chi connectivity index (χ1v) is 43.1. The Bertz CT molecular complexity index is 6960. The van der Waals surface area contributed by atoms with Crippen molar-refractivity contribution in [3.63, 3.8) is 0 Å². The summed E-state index contributed by atoms with van der Waals surface area (Å²) in [7, 11) is 12.8. The number of pyridine rings is 5. The number of fused-ring (bicyclic) bond motifs is 6. The maximum atomic E-state index is 7.52. The predicted octanol–water partition coefficient (Wildman–Crippen LogP) is 26.5. The van der Waals surface area contributed by atoms with Crippen LogP contribution in [0.15, 0.2) is 291 Å². The summed E-state index contributed by atoms with van der Waals surface area (Å²) in [6, 6.07) is 101. The predicted molar refractivity (Wildman–Crippen MR) is 520 cm³/mol. The summed E-state index contributed by atoms with van der Waals surface area (Å²) in [6.45, 7) is 35.2. The molecule has 0 saturated carbocycles. The molecular formula is C116H125N6+5. The van der Waals surface area contributed by atoms with Crippen LogP contribution in [-0.2, 0) is 48.1 Å². The van der Waals surface area contributed by atoms with Crippen LogP contribution in [0.5, 0.6) is 0 Å². The van der Waals surface area contributed by atoms with E-state index in [2.05, 4.69) is 435 Å². The van der Waals surface area contributed by atoms with Crippen molar-refractivity contribution in [2.24, 2.45) is 41.2 Å². The van der Waals surface area contributed by atoms with Gasteiger partial charge in [-0.3, -0.25) is 0 Å². The van der Waals surface area contributed by atoms with Crippen LogP contribution in [0.3, 0.4) is 0 Å². The molecule has 614 valence electrons. The van der Waals surface area contributed by atoms with Crippen molar-refractivity contribution < 1.29 is 26.9 Å². The van der Waals surface area contributed by atoms with E-state index in [1.165, 1.54) is 200 Å². The van der Waals surface area contributed by atoms with Crippen molar-refractivity contribution in [3.8, 4) is 56.3 Å². The number of para-hydroxylation sites is 4. The quantitative estimate of drug-likeness (QED) is 0.139. The van der Waals surface area contributed by atoms with Crippen LogP contribution in [0.2, 0.25) is 0 Å². The zero-order valence-electron chi connectivity index (χ0n) is 79.4. The monoisotopic (exact) mass is 1610 g/mol. The summed E-state index contributed by atoms with van der Waals surface area (Å²) in [5, 5.41) is 6.39. The highest BCUT2D eigenvalue weighted by Gasteiger charge is 2.26. The lowest BCUT2D eigenvalue weighted by Crippen LogP contribution is -2.32. The normalized spacial score (nSPS) is 12.0. The van der Waals surface area contributed by atoms with Gasteiger partial charge in [0.05, 0.1) is 5.39 Å². The molecule has 0 amide bonds. The zero-order chi connectivity index (χ0) is 89.6. The second kappa shape index (κ2) is 37.9. The van der Waals surface area contributed by atoms with Crippen LogP contribution >= 0.6 is 0 Å². The molecule has 17 aromatic rings. The molecule has 0 saturated heterocycles. The Morgan fingerprint density at radius 2 is 0.656 bits per heavy atom. The van der Waals surface area contributed by atoms with Gasteiger partial charge in [-0.2, -0.15) is 22.8 Å². The Kier molecular flexibility index (Phi) is 25.7. The fourth-order valence-electron chi connectivity index (χ4n) is 18.1. The van der Waals surface area contributed by atoms with E-state index >= 15 is 0 Å². The first-order chi connectivity index (χ1) is 59.7. The van der Waals surface area contributed by atoms with Crippen LogP contribution in [0.1, 0.15) is 124 Å². The van der Waals surface area contributed by atoms with E-state index in [9.17, 15) is 0 Å². The van der Waals surface area contributed by atoms with Crippen molar-refractivity contribution in [2.45, 2.75) is 137 Å². The van der Waals surface area contributed by atoms with Crippen molar-refractivity contribution in [1.29, 1.82) is 0 Å². The van der Waals surface area contributed by atoms with Crippen LogP contribution in [-0.4, -0.2) is 7.05 Å². The Hall–Kier alpha value is -12.8. The molecule has 0 radical (unpaired) electrons. The topological polar surface area (TPSA) is 22.6 Å². The van der Waals surface area contributed by atoms with Gasteiger partial charge >= 0.3 is 0 Å². The highest BCUT2D eigenvalue weighted by molar-refractivity contribution is 5.88. The number of aromatic nitrogens is 5. The third kappa shape index (κ3) is 18.9. The molecule has 0 bridgehead atoms. The van der Waals surface area contributed by atoms with Crippen LogP contribution in [0.25, 0.3) is 116 Å². The standard InChI is InChI=1S/C23H29N.C21H24N.C19H20N.2C18H18N.C17H16N/c1-15(2)12-19-8-7-9-22-20(19)10-11-23(24(22)6)21-14-16(3)13-17(4)18(21)5;1-13-10-15(3)17(5)18(11-13)20-12-16(4)21-14(2)8-7-9-19(21)22(20)6;1-13-11-14(2)15(3)17(12-13)19-10-9-16-7-5-6-8-18(16)20(19)4;2*1-13-8-10-16(14(2)12-13)18-11-9-15-6-4-5-7-17(15)19(18)3;1-13-7-3-5-9-15(13)17-12-11-14-8-4-6-10-16(14)18(17)2/h7-9,11,13-15H,10,12H2,1-6H3;7-12H,1-6H3;5-12H,1-4H3;2*4-12H,1-3H3;3-12H,1-2H3/q;5*+1/i;;;1D3;;. The average molecular weight is 1610 g/mol. The molecule has 0 fully saturated rings. The van der Waals surface area contributed by atoms with Gasteiger partial charge < -0.3 is 4.90 Å². The molecule has 0 N–H and O–H groups in total. The van der Waals surface area contributed by atoms with E-state index in [1.807, 2.05) is 32.2 Å². The maximum absolute atomic E-state index is 7.52. The molecule has 0 aliphatic carbocycles. The molecule has 122 heavy (non-hydrogen) atoms. The summed E-state index contributed by atoms with van der Waals surface area (Å²) in [6.07, 6.45) is 4.60. The molecule has 6 heteroatoms. The van der Waals surface area contributed by atoms with Gasteiger partial charge in [0.1, 0.15) is 35.2 Å². The third-order valence-electron chi connectivity index (χ3n) is 25.0. The number of hydrogen-bond donors (Lipinski definition) is 0. The SMILES string of the molecule is Cc1cc(C)c(C)c(-c2cc(C)c3c(C)cccc3[n+]2C)c1.Cc1cc(C)c(C)c(-c2ccc3ccccc3[n+]2C)c1.Cc1cc(C)c(C)c(C2=CCc3c(CC(C)C)cccc3N2C)c1.Cc1ccc(-c2ccc3ccccc3[n+]2C)c(C)c1.Cc1ccccc1-c1ccc2ccccc2[n+]1C.[2H]C([2H])([2H])c1ccc(-c2ccc3ccccc3[n+]2C)c(C)c1. The minimum atomic E-state index is -2.06. The minimum Gasteiger partial charge on any atom is -0.344 e. The molecule has 0 spiro atoms. The Morgan fingerprint density at radius 3 is 1.11 bits per heavy atom. The summed E-state index contributed by atoms with van der Waals surface area (Å²) in [5.41, 5.74) is 46.0. The van der Waals surface area contributed by atoms with Gasteiger partial charge in [-0.15, -0.1) is 0 Å². The summed E-state index contributed by atoms with van der Waals surface area (Å²) < 4.78 is 33.9. The molecule has 18 rings (SSSR count). The van der Waals surface area contributed by atoms with Crippen molar-refractivity contribution in [2.75, 3.05) is 11.9 Å². The number of nitrogens with zero attached hydrogens (tertiary/aromatic N) is 6. The van der Waals surface area contributed by atoms with Gasteiger partial charge in [-0.1, -0.05) is 181 Å². The molecule has 6 heterocycles. The number of benzene rings is 12. The summed E-state index contributed by atoms with van der Waals surface area (Å²) >= 11 is 0.